The largest absolute Gasteiger partial charge is 0.487 e. The van der Waals surface area contributed by atoms with Gasteiger partial charge in [-0.3, -0.25) is 5.32 Å². The molecule has 1 atom stereocenters. The molecule has 1 aliphatic heterocycles. The van der Waals surface area contributed by atoms with Crippen molar-refractivity contribution in [3.8, 4) is 22.8 Å². The van der Waals surface area contributed by atoms with Gasteiger partial charge < -0.3 is 13.9 Å². The highest BCUT2D eigenvalue weighted by atomic mass is 16.5. The first kappa shape index (κ1) is 12.7. The first-order valence-electron chi connectivity index (χ1n) is 6.48. The lowest BCUT2D eigenvalue weighted by Gasteiger charge is -2.27. The topological polar surface area (TPSA) is 60.7 Å². The highest BCUT2D eigenvalue weighted by molar-refractivity contribution is 5.71. The molecule has 0 aliphatic carbocycles. The summed E-state index contributed by atoms with van der Waals surface area (Å²) in [7, 11) is 1.79. The Morgan fingerprint density at radius 3 is 2.90 bits per heavy atom. The van der Waals surface area contributed by atoms with E-state index < -0.39 is 5.63 Å². The van der Waals surface area contributed by atoms with Gasteiger partial charge in [-0.05, 0) is 32.2 Å². The highest BCUT2D eigenvalue weighted by Gasteiger charge is 2.28. The molecule has 3 rings (SSSR count). The monoisotopic (exact) mass is 273 g/mol. The van der Waals surface area contributed by atoms with Crippen molar-refractivity contribution in [3.63, 3.8) is 0 Å². The second-order valence-electron chi connectivity index (χ2n) is 4.40. The molecule has 1 aromatic heterocycles. The van der Waals surface area contributed by atoms with E-state index in [9.17, 15) is 4.79 Å². The minimum absolute atomic E-state index is 0.203. The van der Waals surface area contributed by atoms with Crippen LogP contribution in [0.4, 0.5) is 0 Å². The van der Waals surface area contributed by atoms with Crippen molar-refractivity contribution in [1.29, 1.82) is 0 Å². The van der Waals surface area contributed by atoms with Crippen LogP contribution in [0.25, 0.3) is 11.3 Å². The summed E-state index contributed by atoms with van der Waals surface area (Å²) in [6.45, 7) is 2.23. The molecule has 0 radical (unpaired) electrons. The number of hydrogen-bond donors (Lipinski definition) is 1. The van der Waals surface area contributed by atoms with Crippen molar-refractivity contribution >= 4 is 0 Å². The minimum Gasteiger partial charge on any atom is -0.487 e. The summed E-state index contributed by atoms with van der Waals surface area (Å²) in [6, 6.07) is 9.15. The molecule has 1 N–H and O–H groups in total. The van der Waals surface area contributed by atoms with E-state index in [1.54, 1.807) is 13.1 Å². The molecule has 0 fully saturated rings. The first-order chi connectivity index (χ1) is 9.74. The van der Waals surface area contributed by atoms with E-state index in [1.807, 2.05) is 31.2 Å². The quantitative estimate of drug-likeness (QED) is 0.930. The van der Waals surface area contributed by atoms with Crippen molar-refractivity contribution in [1.82, 2.24) is 5.32 Å². The maximum atomic E-state index is 11.9. The first-order valence-corrected chi connectivity index (χ1v) is 6.48. The van der Waals surface area contributed by atoms with Crippen LogP contribution < -0.4 is 20.4 Å². The lowest BCUT2D eigenvalue weighted by molar-refractivity contribution is 0.167. The molecule has 1 aliphatic rings. The van der Waals surface area contributed by atoms with Gasteiger partial charge in [-0.2, -0.15) is 0 Å². The predicted molar refractivity (Wildman–Crippen MR) is 74.0 cm³/mol. The standard InChI is InChI=1S/C15H15NO4/c1-3-18-12-8-10-13(20-15(12)17)9-6-4-5-7-11(9)19-14(10)16-2/h4-8,14,16H,3H2,1-2H3. The Labute approximate surface area is 116 Å². The van der Waals surface area contributed by atoms with Gasteiger partial charge in [-0.15, -0.1) is 0 Å². The third-order valence-electron chi connectivity index (χ3n) is 3.17. The molecule has 0 saturated heterocycles. The van der Waals surface area contributed by atoms with Crippen LogP contribution in [0.5, 0.6) is 11.5 Å². The molecular formula is C15H15NO4. The van der Waals surface area contributed by atoms with Crippen molar-refractivity contribution < 1.29 is 13.9 Å². The van der Waals surface area contributed by atoms with Crippen molar-refractivity contribution in [2.24, 2.45) is 0 Å². The number of hydrogen-bond acceptors (Lipinski definition) is 5. The summed E-state index contributed by atoms with van der Waals surface area (Å²) in [4.78, 5) is 11.9. The van der Waals surface area contributed by atoms with Crippen LogP contribution in [0.2, 0.25) is 0 Å². The molecule has 2 aromatic rings. The van der Waals surface area contributed by atoms with Gasteiger partial charge in [0.1, 0.15) is 5.75 Å². The van der Waals surface area contributed by atoms with Crippen molar-refractivity contribution in [2.45, 2.75) is 13.2 Å². The van der Waals surface area contributed by atoms with Gasteiger partial charge in [0.25, 0.3) is 0 Å². The maximum Gasteiger partial charge on any atom is 0.379 e. The predicted octanol–water partition coefficient (Wildman–Crippen LogP) is 2.32. The molecule has 2 heterocycles. The van der Waals surface area contributed by atoms with Gasteiger partial charge in [0.2, 0.25) is 5.75 Å². The number of nitrogens with one attached hydrogen (secondary N) is 1. The third-order valence-corrected chi connectivity index (χ3v) is 3.17. The number of fused-ring (bicyclic) bond motifs is 3. The fraction of sp³-hybridized carbons (Fsp3) is 0.267. The molecule has 20 heavy (non-hydrogen) atoms. The maximum absolute atomic E-state index is 11.9. The Hall–Kier alpha value is -2.27. The Bertz CT molecular complexity index is 693. The van der Waals surface area contributed by atoms with E-state index in [1.165, 1.54) is 0 Å². The molecule has 0 saturated carbocycles. The summed E-state index contributed by atoms with van der Waals surface area (Å²) >= 11 is 0. The van der Waals surface area contributed by atoms with E-state index in [2.05, 4.69) is 5.32 Å². The van der Waals surface area contributed by atoms with E-state index in [4.69, 9.17) is 13.9 Å². The van der Waals surface area contributed by atoms with Gasteiger partial charge in [0.15, 0.2) is 12.0 Å². The summed E-state index contributed by atoms with van der Waals surface area (Å²) in [5, 5.41) is 3.05. The van der Waals surface area contributed by atoms with Crippen LogP contribution in [0.3, 0.4) is 0 Å². The fourth-order valence-electron chi connectivity index (χ4n) is 2.29. The molecular weight excluding hydrogens is 258 g/mol. The number of para-hydroxylation sites is 1. The van der Waals surface area contributed by atoms with Gasteiger partial charge in [-0.25, -0.2) is 4.79 Å². The second-order valence-corrected chi connectivity index (χ2v) is 4.40. The van der Waals surface area contributed by atoms with Crippen LogP contribution in [0, 0.1) is 0 Å². The normalized spacial score (nSPS) is 16.0. The molecule has 104 valence electrons. The lowest BCUT2D eigenvalue weighted by atomic mass is 10.0. The zero-order valence-corrected chi connectivity index (χ0v) is 11.3. The van der Waals surface area contributed by atoms with Gasteiger partial charge in [0.05, 0.1) is 17.7 Å². The minimum atomic E-state index is -0.475. The zero-order chi connectivity index (χ0) is 14.1. The molecule has 0 spiro atoms. The van der Waals surface area contributed by atoms with Crippen LogP contribution in [0.15, 0.2) is 39.5 Å². The molecule has 0 amide bonds. The molecule has 5 nitrogen and oxygen atoms in total. The van der Waals surface area contributed by atoms with Gasteiger partial charge >= 0.3 is 5.63 Å². The molecule has 1 unspecified atom stereocenters. The second kappa shape index (κ2) is 5.02. The fourth-order valence-corrected chi connectivity index (χ4v) is 2.29. The van der Waals surface area contributed by atoms with Crippen LogP contribution in [-0.2, 0) is 0 Å². The van der Waals surface area contributed by atoms with Crippen LogP contribution in [-0.4, -0.2) is 13.7 Å². The van der Waals surface area contributed by atoms with E-state index in [0.717, 1.165) is 11.1 Å². The Morgan fingerprint density at radius 2 is 2.15 bits per heavy atom. The van der Waals surface area contributed by atoms with Crippen molar-refractivity contribution in [3.05, 3.63) is 46.3 Å². The lowest BCUT2D eigenvalue weighted by Crippen LogP contribution is -2.27. The average molecular weight is 273 g/mol. The number of rotatable bonds is 3. The summed E-state index contributed by atoms with van der Waals surface area (Å²) in [5.41, 5.74) is 1.06. The molecule has 5 heteroatoms. The smallest absolute Gasteiger partial charge is 0.379 e. The summed E-state index contributed by atoms with van der Waals surface area (Å²) in [6.07, 6.45) is -0.372. The van der Waals surface area contributed by atoms with Gasteiger partial charge in [-0.1, -0.05) is 12.1 Å². The Kier molecular flexibility index (Phi) is 3.20. The highest BCUT2D eigenvalue weighted by Crippen LogP contribution is 2.41. The average Bonchev–Trinajstić information content (AvgIpc) is 2.47. The summed E-state index contributed by atoms with van der Waals surface area (Å²) in [5.74, 6) is 1.42. The zero-order valence-electron chi connectivity index (χ0n) is 11.3. The van der Waals surface area contributed by atoms with Crippen LogP contribution >= 0.6 is 0 Å². The third kappa shape index (κ3) is 1.96. The summed E-state index contributed by atoms with van der Waals surface area (Å²) < 4.78 is 16.6. The SMILES string of the molecule is CCOc1cc2c(oc1=O)-c1ccccc1OC2NC. The van der Waals surface area contributed by atoms with Gasteiger partial charge in [0, 0.05) is 0 Å². The van der Waals surface area contributed by atoms with Crippen LogP contribution in [0.1, 0.15) is 18.7 Å². The molecule has 1 aromatic carbocycles. The number of ether oxygens (including phenoxy) is 2. The molecule has 0 bridgehead atoms. The Morgan fingerprint density at radius 1 is 1.35 bits per heavy atom. The van der Waals surface area contributed by atoms with E-state index in [-0.39, 0.29) is 12.0 Å². The van der Waals surface area contributed by atoms with Crippen molar-refractivity contribution in [2.75, 3.05) is 13.7 Å². The Balaban J connectivity index is 2.22. The number of benzene rings is 1. The van der Waals surface area contributed by atoms with E-state index in [0.29, 0.717) is 18.1 Å². The van der Waals surface area contributed by atoms with E-state index >= 15 is 0 Å².